The topological polar surface area (TPSA) is 25.8 Å². The van der Waals surface area contributed by atoms with Gasteiger partial charge in [-0.05, 0) is 17.7 Å². The van der Waals surface area contributed by atoms with Gasteiger partial charge in [0.25, 0.3) is 0 Å². The number of thiophene rings is 1. The number of halogens is 3. The summed E-state index contributed by atoms with van der Waals surface area (Å²) in [4.78, 5) is 9.88. The van der Waals surface area contributed by atoms with Crippen LogP contribution in [-0.4, -0.2) is 9.97 Å². The highest BCUT2D eigenvalue weighted by Gasteiger charge is 2.15. The van der Waals surface area contributed by atoms with Crippen LogP contribution < -0.4 is 0 Å². The molecular weight excluding hydrogens is 427 g/mol. The van der Waals surface area contributed by atoms with Crippen LogP contribution in [0.3, 0.4) is 0 Å². The molecule has 0 bridgehead atoms. The molecule has 2 aromatic carbocycles. The third-order valence-electron chi connectivity index (χ3n) is 3.91. The first kappa shape index (κ1) is 18.1. The van der Waals surface area contributed by atoms with Gasteiger partial charge in [0, 0.05) is 27.3 Å². The lowest BCUT2D eigenvalue weighted by molar-refractivity contribution is 1.11. The van der Waals surface area contributed by atoms with Crippen LogP contribution in [0.2, 0.25) is 15.1 Å². The molecule has 0 aliphatic heterocycles. The van der Waals surface area contributed by atoms with E-state index in [0.29, 0.717) is 20.8 Å². The van der Waals surface area contributed by atoms with Crippen molar-refractivity contribution >= 4 is 68.1 Å². The van der Waals surface area contributed by atoms with Crippen molar-refractivity contribution in [3.05, 3.63) is 74.8 Å². The molecule has 0 spiro atoms. The first-order valence-electron chi connectivity index (χ1n) is 7.68. The van der Waals surface area contributed by atoms with Gasteiger partial charge in [0.15, 0.2) is 0 Å². The second-order valence-electron chi connectivity index (χ2n) is 5.48. The van der Waals surface area contributed by atoms with Crippen molar-refractivity contribution in [1.29, 1.82) is 0 Å². The number of nitrogens with zero attached hydrogens (tertiary/aromatic N) is 2. The van der Waals surface area contributed by atoms with Crippen LogP contribution in [0.5, 0.6) is 0 Å². The van der Waals surface area contributed by atoms with Crippen LogP contribution in [0.15, 0.2) is 59.2 Å². The van der Waals surface area contributed by atoms with Gasteiger partial charge in [0.05, 0.1) is 15.4 Å². The summed E-state index contributed by atoms with van der Waals surface area (Å²) in [6.07, 6.45) is 1.59. The van der Waals surface area contributed by atoms with Crippen molar-refractivity contribution in [3.8, 4) is 11.1 Å². The summed E-state index contributed by atoms with van der Waals surface area (Å²) in [6, 6.07) is 13.7. The van der Waals surface area contributed by atoms with Crippen molar-refractivity contribution in [3.63, 3.8) is 0 Å². The van der Waals surface area contributed by atoms with E-state index < -0.39 is 0 Å². The first-order valence-corrected chi connectivity index (χ1v) is 10.7. The zero-order valence-corrected chi connectivity index (χ0v) is 17.1. The van der Waals surface area contributed by atoms with Gasteiger partial charge in [0.2, 0.25) is 0 Å². The lowest BCUT2D eigenvalue weighted by atomic mass is 10.1. The lowest BCUT2D eigenvalue weighted by Gasteiger charge is -2.09. The average molecular weight is 438 g/mol. The van der Waals surface area contributed by atoms with Crippen LogP contribution in [0.4, 0.5) is 0 Å². The molecule has 0 N–H and O–H groups in total. The summed E-state index contributed by atoms with van der Waals surface area (Å²) in [6.45, 7) is 0. The number of hydrogen-bond acceptors (Lipinski definition) is 4. The van der Waals surface area contributed by atoms with E-state index in [1.54, 1.807) is 41.6 Å². The SMILES string of the molecule is Clc1ccc(Cl)c(CSc2ncnc3scc(-c4ccccc4)c23)c1Cl. The molecule has 0 atom stereocenters. The van der Waals surface area contributed by atoms with Crippen molar-refractivity contribution in [2.24, 2.45) is 0 Å². The van der Waals surface area contributed by atoms with Crippen LogP contribution in [0.1, 0.15) is 5.56 Å². The zero-order chi connectivity index (χ0) is 18.1. The third kappa shape index (κ3) is 3.45. The molecule has 2 aromatic heterocycles. The second kappa shape index (κ2) is 7.75. The van der Waals surface area contributed by atoms with Crippen molar-refractivity contribution in [2.45, 2.75) is 10.8 Å². The Labute approximate surface area is 174 Å². The molecule has 4 aromatic rings. The molecule has 0 amide bonds. The van der Waals surface area contributed by atoms with E-state index >= 15 is 0 Å². The van der Waals surface area contributed by atoms with Gasteiger partial charge in [-0.15, -0.1) is 23.1 Å². The number of thioether (sulfide) groups is 1. The largest absolute Gasteiger partial charge is 0.229 e. The molecule has 0 aliphatic rings. The molecule has 2 heterocycles. The van der Waals surface area contributed by atoms with Gasteiger partial charge in [-0.2, -0.15) is 0 Å². The van der Waals surface area contributed by atoms with E-state index in [4.69, 9.17) is 34.8 Å². The molecule has 0 radical (unpaired) electrons. The molecular formula is C19H11Cl3N2S2. The molecule has 26 heavy (non-hydrogen) atoms. The maximum absolute atomic E-state index is 6.33. The van der Waals surface area contributed by atoms with Crippen LogP contribution in [0, 0.1) is 0 Å². The molecule has 0 unspecified atom stereocenters. The fourth-order valence-electron chi connectivity index (χ4n) is 2.63. The minimum atomic E-state index is 0.491. The highest BCUT2D eigenvalue weighted by atomic mass is 35.5. The van der Waals surface area contributed by atoms with Crippen LogP contribution in [-0.2, 0) is 5.75 Å². The van der Waals surface area contributed by atoms with Crippen molar-refractivity contribution in [1.82, 2.24) is 9.97 Å². The molecule has 0 saturated heterocycles. The minimum Gasteiger partial charge on any atom is -0.229 e. The molecule has 2 nitrogen and oxygen atoms in total. The standard InChI is InChI=1S/C19H11Cl3N2S2/c20-14-6-7-15(21)17(22)13(14)9-26-19-16-12(11-4-2-1-3-5-11)8-25-18(16)23-10-24-19/h1-8,10H,9H2. The van der Waals surface area contributed by atoms with Gasteiger partial charge in [-0.3, -0.25) is 0 Å². The van der Waals surface area contributed by atoms with Gasteiger partial charge >= 0.3 is 0 Å². The predicted molar refractivity (Wildman–Crippen MR) is 114 cm³/mol. The number of fused-ring (bicyclic) bond motifs is 1. The Morgan fingerprint density at radius 1 is 0.923 bits per heavy atom. The Hall–Kier alpha value is -1.30. The van der Waals surface area contributed by atoms with Gasteiger partial charge in [0.1, 0.15) is 16.2 Å². The first-order chi connectivity index (χ1) is 12.6. The van der Waals surface area contributed by atoms with E-state index in [1.165, 1.54) is 0 Å². The number of aromatic nitrogens is 2. The summed E-state index contributed by atoms with van der Waals surface area (Å²) in [5, 5.41) is 5.68. The maximum Gasteiger partial charge on any atom is 0.128 e. The van der Waals surface area contributed by atoms with E-state index in [1.807, 2.05) is 18.2 Å². The molecule has 7 heteroatoms. The van der Waals surface area contributed by atoms with E-state index in [2.05, 4.69) is 27.5 Å². The zero-order valence-electron chi connectivity index (χ0n) is 13.2. The Kier molecular flexibility index (Phi) is 5.39. The van der Waals surface area contributed by atoms with Crippen LogP contribution >= 0.6 is 57.9 Å². The highest BCUT2D eigenvalue weighted by Crippen LogP contribution is 2.40. The molecule has 0 aliphatic carbocycles. The molecule has 4 rings (SSSR count). The summed E-state index contributed by atoms with van der Waals surface area (Å²) in [7, 11) is 0. The number of rotatable bonds is 4. The molecule has 0 fully saturated rings. The Balaban J connectivity index is 1.74. The van der Waals surface area contributed by atoms with Crippen molar-refractivity contribution < 1.29 is 0 Å². The summed E-state index contributed by atoms with van der Waals surface area (Å²) < 4.78 is 0. The number of benzene rings is 2. The second-order valence-corrected chi connectivity index (χ2v) is 8.50. The Bertz CT molecular complexity index is 1080. The summed E-state index contributed by atoms with van der Waals surface area (Å²) >= 11 is 22.0. The van der Waals surface area contributed by atoms with E-state index in [9.17, 15) is 0 Å². The maximum atomic E-state index is 6.33. The fourth-order valence-corrected chi connectivity index (χ4v) is 5.50. The smallest absolute Gasteiger partial charge is 0.128 e. The van der Waals surface area contributed by atoms with Gasteiger partial charge < -0.3 is 0 Å². The lowest BCUT2D eigenvalue weighted by Crippen LogP contribution is -1.90. The molecule has 130 valence electrons. The summed E-state index contributed by atoms with van der Waals surface area (Å²) in [5.41, 5.74) is 3.10. The van der Waals surface area contributed by atoms with Crippen molar-refractivity contribution in [2.75, 3.05) is 0 Å². The fraction of sp³-hybridized carbons (Fsp3) is 0.0526. The van der Waals surface area contributed by atoms with Gasteiger partial charge in [-0.25, -0.2) is 9.97 Å². The Morgan fingerprint density at radius 3 is 2.50 bits per heavy atom. The van der Waals surface area contributed by atoms with E-state index in [0.717, 1.165) is 31.9 Å². The quantitative estimate of drug-likeness (QED) is 0.187. The summed E-state index contributed by atoms with van der Waals surface area (Å²) in [5.74, 6) is 0.578. The predicted octanol–water partition coefficient (Wildman–Crippen LogP) is 7.61. The van der Waals surface area contributed by atoms with Gasteiger partial charge in [-0.1, -0.05) is 65.1 Å². The minimum absolute atomic E-state index is 0.491. The van der Waals surface area contributed by atoms with Crippen LogP contribution in [0.25, 0.3) is 21.3 Å². The third-order valence-corrected chi connectivity index (χ3v) is 7.01. The number of hydrogen-bond donors (Lipinski definition) is 0. The monoisotopic (exact) mass is 436 g/mol. The highest BCUT2D eigenvalue weighted by molar-refractivity contribution is 7.98. The average Bonchev–Trinajstić information content (AvgIpc) is 3.10. The van der Waals surface area contributed by atoms with E-state index in [-0.39, 0.29) is 0 Å². The molecule has 0 saturated carbocycles. The Morgan fingerprint density at radius 2 is 1.69 bits per heavy atom. The normalized spacial score (nSPS) is 11.2.